The molecular weight excluding hydrogens is 344 g/mol. The number of rotatable bonds is 5. The maximum absolute atomic E-state index is 12.0. The predicted octanol–water partition coefficient (Wildman–Crippen LogP) is 4.20. The zero-order valence-corrected chi connectivity index (χ0v) is 14.6. The van der Waals surface area contributed by atoms with E-state index in [1.54, 1.807) is 17.0 Å². The van der Waals surface area contributed by atoms with Crippen molar-refractivity contribution in [3.63, 3.8) is 0 Å². The van der Waals surface area contributed by atoms with Gasteiger partial charge in [-0.25, -0.2) is 0 Å². The quantitative estimate of drug-likeness (QED) is 0.813. The van der Waals surface area contributed by atoms with Crippen LogP contribution >= 0.6 is 23.4 Å². The SMILES string of the molecule is O=C(CSc1ccc(Cl)cc1)Nc1ccc(N2CCCC2=O)cc1. The van der Waals surface area contributed by atoms with Gasteiger partial charge in [0.2, 0.25) is 11.8 Å². The average molecular weight is 361 g/mol. The average Bonchev–Trinajstić information content (AvgIpc) is 3.01. The highest BCUT2D eigenvalue weighted by molar-refractivity contribution is 8.00. The van der Waals surface area contributed by atoms with Crippen molar-refractivity contribution in [2.45, 2.75) is 17.7 Å². The highest BCUT2D eigenvalue weighted by Gasteiger charge is 2.21. The number of carbonyl (C=O) groups is 2. The molecule has 3 rings (SSSR count). The maximum atomic E-state index is 12.0. The van der Waals surface area contributed by atoms with Gasteiger partial charge in [-0.05, 0) is 55.0 Å². The van der Waals surface area contributed by atoms with Crippen LogP contribution in [0.3, 0.4) is 0 Å². The van der Waals surface area contributed by atoms with Gasteiger partial charge in [0.1, 0.15) is 0 Å². The Balaban J connectivity index is 1.52. The number of carbonyl (C=O) groups excluding carboxylic acids is 2. The summed E-state index contributed by atoms with van der Waals surface area (Å²) in [5.74, 6) is 0.416. The van der Waals surface area contributed by atoms with Crippen LogP contribution in [0.5, 0.6) is 0 Å². The Hall–Kier alpha value is -1.98. The van der Waals surface area contributed by atoms with E-state index < -0.39 is 0 Å². The topological polar surface area (TPSA) is 49.4 Å². The van der Waals surface area contributed by atoms with Crippen molar-refractivity contribution in [3.8, 4) is 0 Å². The first-order chi connectivity index (χ1) is 11.6. The van der Waals surface area contributed by atoms with Crippen LogP contribution in [-0.4, -0.2) is 24.1 Å². The summed E-state index contributed by atoms with van der Waals surface area (Å²) in [5.41, 5.74) is 1.61. The summed E-state index contributed by atoms with van der Waals surface area (Å²) in [7, 11) is 0. The Morgan fingerprint density at radius 3 is 2.46 bits per heavy atom. The fourth-order valence-electron chi connectivity index (χ4n) is 2.52. The number of halogens is 1. The van der Waals surface area contributed by atoms with E-state index in [1.807, 2.05) is 36.4 Å². The monoisotopic (exact) mass is 360 g/mol. The molecule has 1 aliphatic heterocycles. The van der Waals surface area contributed by atoms with Gasteiger partial charge in [-0.15, -0.1) is 11.8 Å². The molecule has 0 aromatic heterocycles. The summed E-state index contributed by atoms with van der Waals surface area (Å²) in [6.07, 6.45) is 1.51. The van der Waals surface area contributed by atoms with E-state index in [0.29, 0.717) is 17.2 Å². The van der Waals surface area contributed by atoms with Crippen LogP contribution in [-0.2, 0) is 9.59 Å². The van der Waals surface area contributed by atoms with Crippen LogP contribution in [0.15, 0.2) is 53.4 Å². The van der Waals surface area contributed by atoms with Crippen molar-refractivity contribution in [3.05, 3.63) is 53.6 Å². The molecule has 2 aromatic rings. The van der Waals surface area contributed by atoms with E-state index in [9.17, 15) is 9.59 Å². The van der Waals surface area contributed by atoms with Crippen LogP contribution < -0.4 is 10.2 Å². The second kappa shape index (κ2) is 7.73. The lowest BCUT2D eigenvalue weighted by Gasteiger charge is -2.16. The van der Waals surface area contributed by atoms with Crippen LogP contribution in [0, 0.1) is 0 Å². The van der Waals surface area contributed by atoms with Gasteiger partial charge in [0.15, 0.2) is 0 Å². The molecule has 0 radical (unpaired) electrons. The number of hydrogen-bond acceptors (Lipinski definition) is 3. The molecule has 1 N–H and O–H groups in total. The van der Waals surface area contributed by atoms with Gasteiger partial charge >= 0.3 is 0 Å². The lowest BCUT2D eigenvalue weighted by molar-refractivity contribution is -0.117. The predicted molar refractivity (Wildman–Crippen MR) is 98.8 cm³/mol. The third kappa shape index (κ3) is 4.30. The van der Waals surface area contributed by atoms with E-state index in [1.165, 1.54) is 11.8 Å². The Bertz CT molecular complexity index is 732. The van der Waals surface area contributed by atoms with Gasteiger partial charge < -0.3 is 10.2 Å². The van der Waals surface area contributed by atoms with E-state index in [0.717, 1.165) is 29.2 Å². The van der Waals surface area contributed by atoms with Gasteiger partial charge in [0.25, 0.3) is 0 Å². The minimum absolute atomic E-state index is 0.0695. The summed E-state index contributed by atoms with van der Waals surface area (Å²) < 4.78 is 0. The molecule has 1 saturated heterocycles. The van der Waals surface area contributed by atoms with E-state index in [4.69, 9.17) is 11.6 Å². The number of nitrogens with zero attached hydrogens (tertiary/aromatic N) is 1. The van der Waals surface area contributed by atoms with Gasteiger partial charge in [-0.3, -0.25) is 9.59 Å². The molecule has 1 heterocycles. The first-order valence-corrected chi connectivity index (χ1v) is 9.07. The Kier molecular flexibility index (Phi) is 5.43. The molecule has 0 saturated carbocycles. The van der Waals surface area contributed by atoms with Crippen LogP contribution in [0.1, 0.15) is 12.8 Å². The van der Waals surface area contributed by atoms with Crippen molar-refractivity contribution in [2.75, 3.05) is 22.5 Å². The highest BCUT2D eigenvalue weighted by atomic mass is 35.5. The van der Waals surface area contributed by atoms with Crippen molar-refractivity contribution < 1.29 is 9.59 Å². The number of hydrogen-bond donors (Lipinski definition) is 1. The standard InChI is InChI=1S/C18H17ClN2O2S/c19-13-3-9-16(10-4-13)24-12-17(22)20-14-5-7-15(8-6-14)21-11-1-2-18(21)23/h3-10H,1-2,11-12H2,(H,20,22). The van der Waals surface area contributed by atoms with Crippen molar-refractivity contribution in [2.24, 2.45) is 0 Å². The second-order valence-electron chi connectivity index (χ2n) is 5.49. The summed E-state index contributed by atoms with van der Waals surface area (Å²) >= 11 is 7.29. The smallest absolute Gasteiger partial charge is 0.234 e. The lowest BCUT2D eigenvalue weighted by atomic mass is 10.2. The Labute approximate surface area is 150 Å². The van der Waals surface area contributed by atoms with Crippen molar-refractivity contribution >= 4 is 46.6 Å². The van der Waals surface area contributed by atoms with Gasteiger partial charge in [0.05, 0.1) is 5.75 Å². The maximum Gasteiger partial charge on any atom is 0.234 e. The molecule has 0 spiro atoms. The fraction of sp³-hybridized carbons (Fsp3) is 0.222. The van der Waals surface area contributed by atoms with Gasteiger partial charge in [0, 0.05) is 34.3 Å². The number of thioether (sulfide) groups is 1. The number of anilines is 2. The first-order valence-electron chi connectivity index (χ1n) is 7.70. The molecule has 2 aromatic carbocycles. The molecule has 4 nitrogen and oxygen atoms in total. The van der Waals surface area contributed by atoms with E-state index >= 15 is 0 Å². The number of amides is 2. The highest BCUT2D eigenvalue weighted by Crippen LogP contribution is 2.24. The van der Waals surface area contributed by atoms with Crippen LogP contribution in [0.25, 0.3) is 0 Å². The third-order valence-corrected chi connectivity index (χ3v) is 4.98. The van der Waals surface area contributed by atoms with E-state index in [-0.39, 0.29) is 11.8 Å². The lowest BCUT2D eigenvalue weighted by Crippen LogP contribution is -2.23. The van der Waals surface area contributed by atoms with Crippen molar-refractivity contribution in [1.82, 2.24) is 0 Å². The van der Waals surface area contributed by atoms with Crippen LogP contribution in [0.4, 0.5) is 11.4 Å². The Morgan fingerprint density at radius 2 is 1.83 bits per heavy atom. The van der Waals surface area contributed by atoms with Gasteiger partial charge in [-0.2, -0.15) is 0 Å². The summed E-state index contributed by atoms with van der Waals surface area (Å²) in [6.45, 7) is 0.766. The molecule has 0 unspecified atom stereocenters. The normalized spacial score (nSPS) is 14.0. The minimum atomic E-state index is -0.0695. The third-order valence-electron chi connectivity index (χ3n) is 3.72. The molecule has 2 amide bonds. The van der Waals surface area contributed by atoms with E-state index in [2.05, 4.69) is 5.32 Å². The van der Waals surface area contributed by atoms with Crippen molar-refractivity contribution in [1.29, 1.82) is 0 Å². The second-order valence-corrected chi connectivity index (χ2v) is 6.97. The summed E-state index contributed by atoms with van der Waals surface area (Å²) in [4.78, 5) is 26.5. The first kappa shape index (κ1) is 16.9. The zero-order valence-electron chi connectivity index (χ0n) is 13.0. The molecular formula is C18H17ClN2O2S. The summed E-state index contributed by atoms with van der Waals surface area (Å²) in [5, 5.41) is 3.54. The molecule has 24 heavy (non-hydrogen) atoms. The largest absolute Gasteiger partial charge is 0.325 e. The number of benzene rings is 2. The summed E-state index contributed by atoms with van der Waals surface area (Å²) in [6, 6.07) is 14.8. The molecule has 6 heteroatoms. The number of nitrogens with one attached hydrogen (secondary N) is 1. The fourth-order valence-corrected chi connectivity index (χ4v) is 3.35. The van der Waals surface area contributed by atoms with Gasteiger partial charge in [-0.1, -0.05) is 11.6 Å². The Morgan fingerprint density at radius 1 is 1.12 bits per heavy atom. The molecule has 1 fully saturated rings. The molecule has 1 aliphatic rings. The molecule has 0 atom stereocenters. The molecule has 124 valence electrons. The molecule has 0 bridgehead atoms. The minimum Gasteiger partial charge on any atom is -0.325 e. The van der Waals surface area contributed by atoms with Crippen LogP contribution in [0.2, 0.25) is 5.02 Å². The zero-order chi connectivity index (χ0) is 16.9. The molecule has 0 aliphatic carbocycles.